The summed E-state index contributed by atoms with van der Waals surface area (Å²) in [6.07, 6.45) is 1.05. The first-order valence-electron chi connectivity index (χ1n) is 8.10. The second kappa shape index (κ2) is 9.58. The zero-order valence-electron chi connectivity index (χ0n) is 14.8. The number of hydrogen-bond donors (Lipinski definition) is 3. The largest absolute Gasteiger partial charge is 0.484 e. The van der Waals surface area contributed by atoms with Crippen LogP contribution in [0.15, 0.2) is 54.6 Å². The van der Waals surface area contributed by atoms with Gasteiger partial charge in [-0.3, -0.25) is 14.3 Å². The Labute approximate surface area is 158 Å². The summed E-state index contributed by atoms with van der Waals surface area (Å²) in [6.45, 7) is -0.287. The maximum Gasteiger partial charge on any atom is 0.258 e. The molecular weight excluding hydrogens is 370 g/mol. The summed E-state index contributed by atoms with van der Waals surface area (Å²) < 4.78 is 30.4. The molecule has 0 aromatic heterocycles. The normalized spacial score (nSPS) is 10.7. The number of rotatable bonds is 9. The maximum atomic E-state index is 11.9. The van der Waals surface area contributed by atoms with Crippen LogP contribution in [0.4, 0.5) is 5.69 Å². The van der Waals surface area contributed by atoms with Crippen LogP contribution in [0.3, 0.4) is 0 Å². The number of anilines is 1. The van der Waals surface area contributed by atoms with E-state index in [1.807, 2.05) is 6.07 Å². The van der Waals surface area contributed by atoms with Gasteiger partial charge in [-0.1, -0.05) is 36.4 Å². The van der Waals surface area contributed by atoms with Gasteiger partial charge in [-0.15, -0.1) is 0 Å². The highest BCUT2D eigenvalue weighted by atomic mass is 32.2. The molecule has 0 fully saturated rings. The number of benzene rings is 2. The van der Waals surface area contributed by atoms with E-state index in [0.29, 0.717) is 17.0 Å². The Morgan fingerprint density at radius 2 is 1.59 bits per heavy atom. The minimum absolute atomic E-state index is 0.119. The lowest BCUT2D eigenvalue weighted by molar-refractivity contribution is -0.127. The molecule has 0 aliphatic heterocycles. The predicted molar refractivity (Wildman–Crippen MR) is 102 cm³/mol. The number of sulfonamides is 1. The van der Waals surface area contributed by atoms with Gasteiger partial charge in [0.2, 0.25) is 15.9 Å². The van der Waals surface area contributed by atoms with E-state index in [9.17, 15) is 18.0 Å². The first-order chi connectivity index (χ1) is 12.8. The van der Waals surface area contributed by atoms with Gasteiger partial charge in [-0.2, -0.15) is 0 Å². The van der Waals surface area contributed by atoms with Gasteiger partial charge in [0.25, 0.3) is 5.91 Å². The van der Waals surface area contributed by atoms with E-state index in [1.54, 1.807) is 48.5 Å². The van der Waals surface area contributed by atoms with E-state index in [1.165, 1.54) is 0 Å². The van der Waals surface area contributed by atoms with Crippen molar-refractivity contribution < 1.29 is 22.7 Å². The summed E-state index contributed by atoms with van der Waals surface area (Å²) in [6, 6.07) is 15.6. The molecule has 2 rings (SSSR count). The SMILES string of the molecule is CS(=O)(=O)Nc1ccccc1CNC(=O)CNC(=O)COc1ccccc1. The molecule has 9 heteroatoms. The molecule has 0 saturated heterocycles. The van der Waals surface area contributed by atoms with Crippen molar-refractivity contribution >= 4 is 27.5 Å². The number of para-hydroxylation sites is 2. The number of carbonyl (C=O) groups excluding carboxylic acids is 2. The first-order valence-corrected chi connectivity index (χ1v) is 9.99. The third-order valence-electron chi connectivity index (χ3n) is 3.35. The fourth-order valence-electron chi connectivity index (χ4n) is 2.13. The zero-order chi connectivity index (χ0) is 19.7. The standard InChI is InChI=1S/C18H21N3O5S/c1-27(24,25)21-16-10-6-5-7-14(16)11-19-17(22)12-20-18(23)13-26-15-8-3-2-4-9-15/h2-10,21H,11-13H2,1H3,(H,19,22)(H,20,23). The average molecular weight is 391 g/mol. The molecule has 2 amide bonds. The van der Waals surface area contributed by atoms with E-state index < -0.39 is 21.8 Å². The van der Waals surface area contributed by atoms with Crippen LogP contribution >= 0.6 is 0 Å². The smallest absolute Gasteiger partial charge is 0.258 e. The minimum Gasteiger partial charge on any atom is -0.484 e. The highest BCUT2D eigenvalue weighted by Gasteiger charge is 2.09. The Morgan fingerprint density at radius 3 is 2.30 bits per heavy atom. The first kappa shape index (κ1) is 20.2. The van der Waals surface area contributed by atoms with Gasteiger partial charge >= 0.3 is 0 Å². The van der Waals surface area contributed by atoms with Gasteiger partial charge in [0.05, 0.1) is 18.5 Å². The monoisotopic (exact) mass is 391 g/mol. The predicted octanol–water partition coefficient (Wildman–Crippen LogP) is 0.870. The van der Waals surface area contributed by atoms with Crippen LogP contribution in [0.25, 0.3) is 0 Å². The van der Waals surface area contributed by atoms with Crippen LogP contribution in [0.2, 0.25) is 0 Å². The van der Waals surface area contributed by atoms with Crippen LogP contribution < -0.4 is 20.1 Å². The van der Waals surface area contributed by atoms with Gasteiger partial charge in [0.1, 0.15) is 5.75 Å². The van der Waals surface area contributed by atoms with Crippen molar-refractivity contribution in [3.63, 3.8) is 0 Å². The molecule has 0 heterocycles. The van der Waals surface area contributed by atoms with Crippen LogP contribution in [-0.2, 0) is 26.2 Å². The third kappa shape index (κ3) is 7.78. The summed E-state index contributed by atoms with van der Waals surface area (Å²) in [4.78, 5) is 23.6. The summed E-state index contributed by atoms with van der Waals surface area (Å²) >= 11 is 0. The minimum atomic E-state index is -3.42. The number of ether oxygens (including phenoxy) is 1. The lowest BCUT2D eigenvalue weighted by Gasteiger charge is -2.12. The molecule has 144 valence electrons. The average Bonchev–Trinajstić information content (AvgIpc) is 2.63. The summed E-state index contributed by atoms with van der Waals surface area (Å²) in [5, 5.41) is 5.08. The molecule has 27 heavy (non-hydrogen) atoms. The van der Waals surface area contributed by atoms with Crippen molar-refractivity contribution in [3.8, 4) is 5.75 Å². The lowest BCUT2D eigenvalue weighted by Crippen LogP contribution is -2.38. The molecule has 0 bridgehead atoms. The lowest BCUT2D eigenvalue weighted by atomic mass is 10.2. The number of nitrogens with one attached hydrogen (secondary N) is 3. The maximum absolute atomic E-state index is 11.9. The van der Waals surface area contributed by atoms with Crippen molar-refractivity contribution in [2.45, 2.75) is 6.54 Å². The fourth-order valence-corrected chi connectivity index (χ4v) is 2.72. The molecule has 0 atom stereocenters. The number of carbonyl (C=O) groups is 2. The van der Waals surface area contributed by atoms with Crippen LogP contribution in [0.1, 0.15) is 5.56 Å². The van der Waals surface area contributed by atoms with Crippen molar-refractivity contribution in [3.05, 3.63) is 60.2 Å². The Balaban J connectivity index is 1.76. The Bertz CT molecular complexity index is 885. The Morgan fingerprint density at radius 1 is 0.926 bits per heavy atom. The van der Waals surface area contributed by atoms with E-state index in [2.05, 4.69) is 15.4 Å². The molecule has 0 aliphatic rings. The summed E-state index contributed by atoms with van der Waals surface area (Å²) in [5.74, 6) is -0.266. The molecule has 2 aromatic rings. The Hall–Kier alpha value is -3.07. The van der Waals surface area contributed by atoms with E-state index in [0.717, 1.165) is 6.26 Å². The zero-order valence-corrected chi connectivity index (χ0v) is 15.6. The Kier molecular flexibility index (Phi) is 7.18. The van der Waals surface area contributed by atoms with Gasteiger partial charge in [0, 0.05) is 6.54 Å². The molecule has 2 aromatic carbocycles. The summed E-state index contributed by atoms with van der Waals surface area (Å²) in [7, 11) is -3.42. The topological polar surface area (TPSA) is 114 Å². The van der Waals surface area contributed by atoms with Gasteiger partial charge in [-0.05, 0) is 23.8 Å². The van der Waals surface area contributed by atoms with E-state index in [-0.39, 0.29) is 19.7 Å². The highest BCUT2D eigenvalue weighted by molar-refractivity contribution is 7.92. The molecule has 0 radical (unpaired) electrons. The quantitative estimate of drug-likeness (QED) is 0.587. The molecule has 0 saturated carbocycles. The van der Waals surface area contributed by atoms with Crippen LogP contribution in [0.5, 0.6) is 5.75 Å². The van der Waals surface area contributed by atoms with E-state index in [4.69, 9.17) is 4.74 Å². The van der Waals surface area contributed by atoms with Gasteiger partial charge in [0.15, 0.2) is 6.61 Å². The van der Waals surface area contributed by atoms with Crippen molar-refractivity contribution in [1.82, 2.24) is 10.6 Å². The fraction of sp³-hybridized carbons (Fsp3) is 0.222. The molecule has 0 aliphatic carbocycles. The molecular formula is C18H21N3O5S. The number of amides is 2. The van der Waals surface area contributed by atoms with Crippen molar-refractivity contribution in [1.29, 1.82) is 0 Å². The summed E-state index contributed by atoms with van der Waals surface area (Å²) in [5.41, 5.74) is 0.996. The highest BCUT2D eigenvalue weighted by Crippen LogP contribution is 2.15. The molecule has 8 nitrogen and oxygen atoms in total. The third-order valence-corrected chi connectivity index (χ3v) is 3.94. The molecule has 0 spiro atoms. The molecule has 0 unspecified atom stereocenters. The van der Waals surface area contributed by atoms with Gasteiger partial charge in [-0.25, -0.2) is 8.42 Å². The van der Waals surface area contributed by atoms with Crippen molar-refractivity contribution in [2.75, 3.05) is 24.1 Å². The van der Waals surface area contributed by atoms with E-state index >= 15 is 0 Å². The number of hydrogen-bond acceptors (Lipinski definition) is 5. The van der Waals surface area contributed by atoms with Gasteiger partial charge < -0.3 is 15.4 Å². The second-order valence-electron chi connectivity index (χ2n) is 5.69. The molecule has 3 N–H and O–H groups in total. The van der Waals surface area contributed by atoms with Crippen LogP contribution in [0, 0.1) is 0 Å². The van der Waals surface area contributed by atoms with Crippen molar-refractivity contribution in [2.24, 2.45) is 0 Å². The second-order valence-corrected chi connectivity index (χ2v) is 7.44. The van der Waals surface area contributed by atoms with Crippen LogP contribution in [-0.4, -0.2) is 39.6 Å².